The van der Waals surface area contributed by atoms with Crippen LogP contribution in [0.2, 0.25) is 0 Å². The Morgan fingerprint density at radius 2 is 1.47 bits per heavy atom. The summed E-state index contributed by atoms with van der Waals surface area (Å²) < 4.78 is 19.7. The fourth-order valence-electron chi connectivity index (χ4n) is 1.04. The van der Waals surface area contributed by atoms with Gasteiger partial charge in [0.25, 0.3) is 0 Å². The third kappa shape index (κ3) is 17.3. The molecule has 0 fully saturated rings. The molecule has 0 aromatic heterocycles. The topological polar surface area (TPSA) is 129 Å². The lowest BCUT2D eigenvalue weighted by Crippen LogP contribution is -2.27. The molecule has 0 heterocycles. The van der Waals surface area contributed by atoms with E-state index >= 15 is 0 Å². The van der Waals surface area contributed by atoms with Crippen molar-refractivity contribution in [1.29, 1.82) is 0 Å². The number of carbonyl (C=O) groups is 2. The summed E-state index contributed by atoms with van der Waals surface area (Å²) in [5, 5.41) is 0. The predicted molar refractivity (Wildman–Crippen MR) is 101 cm³/mol. The van der Waals surface area contributed by atoms with Gasteiger partial charge in [0.15, 0.2) is 6.10 Å². The minimum absolute atomic E-state index is 0.627. The number of phosphoric acid groups is 1. The molecule has 0 aromatic carbocycles. The average molecular weight is 426 g/mol. The van der Waals surface area contributed by atoms with Gasteiger partial charge < -0.3 is 14.5 Å². The van der Waals surface area contributed by atoms with Crippen LogP contribution in [0.25, 0.3) is 0 Å². The molecule has 0 aliphatic rings. The molecule has 0 aliphatic carbocycles. The van der Waals surface area contributed by atoms with Crippen LogP contribution >= 0.6 is 7.82 Å². The Morgan fingerprint density at radius 3 is 2.07 bits per heavy atom. The summed E-state index contributed by atoms with van der Waals surface area (Å²) in [6, 6.07) is 0. The second kappa shape index (κ2) is 15.9. The smallest absolute Gasteiger partial charge is 0.453 e. The molecule has 150 valence electrons. The van der Waals surface area contributed by atoms with Crippen molar-refractivity contribution in [1.82, 2.24) is 0 Å². The lowest BCUT2D eigenvalue weighted by molar-refractivity contribution is -0.301. The molecule has 0 aromatic rings. The monoisotopic (exact) mass is 426 g/mol. The molecule has 30 heavy (non-hydrogen) atoms. The maximum Gasteiger partial charge on any atom is 0.469 e. The van der Waals surface area contributed by atoms with Crippen LogP contribution in [0.3, 0.4) is 0 Å². The van der Waals surface area contributed by atoms with Crippen LogP contribution in [0.4, 0.5) is 0 Å². The lowest BCUT2D eigenvalue weighted by atomic mass is 10.4. The van der Waals surface area contributed by atoms with E-state index in [0.717, 1.165) is 0 Å². The predicted octanol–water partition coefficient (Wildman–Crippen LogP) is -0.844. The minimum atomic E-state index is -4.87. The summed E-state index contributed by atoms with van der Waals surface area (Å²) in [4.78, 5) is 49.2. The highest BCUT2D eigenvalue weighted by molar-refractivity contribution is 7.46. The first-order valence-electron chi connectivity index (χ1n) is 7.42. The summed E-state index contributed by atoms with van der Waals surface area (Å²) in [5.74, 6) is 26.3. The van der Waals surface area contributed by atoms with Crippen molar-refractivity contribution in [3.05, 3.63) is 0 Å². The summed E-state index contributed by atoms with van der Waals surface area (Å²) in [6.45, 7) is 0.148. The molecule has 0 saturated heterocycles. The molecular formula is C20H11O9P. The summed E-state index contributed by atoms with van der Waals surface area (Å²) in [6.07, 6.45) is 3.46. The first-order chi connectivity index (χ1) is 14.3. The van der Waals surface area contributed by atoms with Crippen LogP contribution in [0.5, 0.6) is 0 Å². The van der Waals surface area contributed by atoms with E-state index in [1.165, 1.54) is 0 Å². The van der Waals surface area contributed by atoms with Gasteiger partial charge in [-0.05, 0) is 66.1 Å². The maximum absolute atomic E-state index is 11.5. The van der Waals surface area contributed by atoms with Crippen molar-refractivity contribution in [3.63, 3.8) is 0 Å². The van der Waals surface area contributed by atoms with E-state index in [-0.39, 0.29) is 0 Å². The van der Waals surface area contributed by atoms with Crippen LogP contribution in [-0.4, -0.2) is 41.0 Å². The molecule has 1 atom stereocenters. The van der Waals surface area contributed by atoms with Gasteiger partial charge in [-0.15, -0.1) is 6.42 Å². The molecule has 2 N–H and O–H groups in total. The van der Waals surface area contributed by atoms with Crippen LogP contribution in [-0.2, 0) is 33.2 Å². The Labute approximate surface area is 173 Å². The largest absolute Gasteiger partial charge is 0.469 e. The van der Waals surface area contributed by atoms with Gasteiger partial charge in [0.1, 0.15) is 6.61 Å². The van der Waals surface area contributed by atoms with Crippen molar-refractivity contribution >= 4 is 19.8 Å². The molecule has 0 spiro atoms. The number of terminal acetylenes is 1. The van der Waals surface area contributed by atoms with E-state index < -0.39 is 39.1 Å². The second-order valence-electron chi connectivity index (χ2n) is 4.24. The molecule has 0 saturated carbocycles. The minimum Gasteiger partial charge on any atom is -0.453 e. The van der Waals surface area contributed by atoms with Crippen molar-refractivity contribution in [3.8, 4) is 83.4 Å². The third-order valence-electron chi connectivity index (χ3n) is 2.05. The highest BCUT2D eigenvalue weighted by atomic mass is 31.2. The summed E-state index contributed by atoms with van der Waals surface area (Å²) in [7, 11) is -4.87. The zero-order valence-electron chi connectivity index (χ0n) is 15.3. The van der Waals surface area contributed by atoms with Gasteiger partial charge in [-0.25, -0.2) is 14.2 Å². The third-order valence-corrected chi connectivity index (χ3v) is 2.54. The number of esters is 1. The Kier molecular flexibility index (Phi) is 13.8. The number of carbonyl (C=O) groups excluding carboxylic acids is 2. The molecule has 0 radical (unpaired) electrons. The van der Waals surface area contributed by atoms with Gasteiger partial charge in [0, 0.05) is 11.8 Å². The molecule has 0 amide bonds. The zero-order valence-corrected chi connectivity index (χ0v) is 16.2. The van der Waals surface area contributed by atoms with Crippen LogP contribution in [0.1, 0.15) is 6.92 Å². The van der Waals surface area contributed by atoms with Crippen LogP contribution in [0.15, 0.2) is 0 Å². The van der Waals surface area contributed by atoms with Gasteiger partial charge >= 0.3 is 19.8 Å². The SMILES string of the molecule is C#CC#CC#CC#CC(=O)OO[C@H](COC(=O)C#CC#CC#CC)COP(=O)(O)O. The van der Waals surface area contributed by atoms with E-state index in [4.69, 9.17) is 16.2 Å². The fourth-order valence-corrected chi connectivity index (χ4v) is 1.40. The highest BCUT2D eigenvalue weighted by Gasteiger charge is 2.22. The van der Waals surface area contributed by atoms with Gasteiger partial charge in [-0.1, -0.05) is 5.92 Å². The second-order valence-corrected chi connectivity index (χ2v) is 5.48. The lowest BCUT2D eigenvalue weighted by Gasteiger charge is -2.15. The first-order valence-corrected chi connectivity index (χ1v) is 8.95. The number of rotatable bonds is 7. The molecule has 9 nitrogen and oxygen atoms in total. The first kappa shape index (κ1) is 25.9. The van der Waals surface area contributed by atoms with Crippen molar-refractivity contribution in [2.45, 2.75) is 13.0 Å². The molecule has 0 aliphatic heterocycles. The highest BCUT2D eigenvalue weighted by Crippen LogP contribution is 2.35. The van der Waals surface area contributed by atoms with E-state index in [0.29, 0.717) is 0 Å². The van der Waals surface area contributed by atoms with E-state index in [1.807, 2.05) is 17.8 Å². The molecule has 0 bridgehead atoms. The van der Waals surface area contributed by atoms with Crippen LogP contribution in [0, 0.1) is 83.4 Å². The Hall–Kier alpha value is -4.07. The zero-order chi connectivity index (χ0) is 22.7. The standard InChI is InChI=1S/C20H11O9P/c1-3-5-7-9-11-13-15-20(22)29-28-18(17-27-30(23,24)25)16-26-19(21)14-12-10-8-6-4-2/h1,18H,16-17H2,2H3,(H2,23,24,25)/t18-/m1/s1. The van der Waals surface area contributed by atoms with Crippen LogP contribution < -0.4 is 0 Å². The maximum atomic E-state index is 11.5. The fraction of sp³-hybridized carbons (Fsp3) is 0.200. The Bertz CT molecular complexity index is 1100. The molecule has 0 unspecified atom stereocenters. The Balaban J connectivity index is 4.81. The Morgan fingerprint density at radius 1 is 0.900 bits per heavy atom. The van der Waals surface area contributed by atoms with Crippen molar-refractivity contribution in [2.75, 3.05) is 13.2 Å². The number of ether oxygens (including phenoxy) is 1. The summed E-state index contributed by atoms with van der Waals surface area (Å²) >= 11 is 0. The van der Waals surface area contributed by atoms with E-state index in [1.54, 1.807) is 6.92 Å². The molecular weight excluding hydrogens is 415 g/mol. The number of hydrogen-bond acceptors (Lipinski definition) is 7. The van der Waals surface area contributed by atoms with Gasteiger partial charge in [0.2, 0.25) is 0 Å². The van der Waals surface area contributed by atoms with Gasteiger partial charge in [-0.2, -0.15) is 4.89 Å². The van der Waals surface area contributed by atoms with Gasteiger partial charge in [0.05, 0.1) is 6.61 Å². The summed E-state index contributed by atoms with van der Waals surface area (Å²) in [5.41, 5.74) is 0. The van der Waals surface area contributed by atoms with Gasteiger partial charge in [-0.3, -0.25) is 9.41 Å². The number of hydrogen-bond donors (Lipinski definition) is 2. The van der Waals surface area contributed by atoms with Crippen molar-refractivity contribution < 1.29 is 43.0 Å². The quantitative estimate of drug-likeness (QED) is 0.134. The number of phosphoric ester groups is 1. The molecule has 10 heteroatoms. The van der Waals surface area contributed by atoms with E-state index in [2.05, 4.69) is 78.2 Å². The van der Waals surface area contributed by atoms with Crippen molar-refractivity contribution in [2.24, 2.45) is 0 Å². The van der Waals surface area contributed by atoms with E-state index in [9.17, 15) is 14.2 Å². The normalized spacial score (nSPS) is 9.00. The molecule has 0 rings (SSSR count). The average Bonchev–Trinajstić information content (AvgIpc) is 2.69.